The number of halogens is 4. The van der Waals surface area contributed by atoms with Crippen LogP contribution in [0.15, 0.2) is 59.5 Å². The van der Waals surface area contributed by atoms with Crippen molar-refractivity contribution in [1.29, 1.82) is 0 Å². The second-order valence-electron chi connectivity index (χ2n) is 7.44. The first-order valence-electron chi connectivity index (χ1n) is 10.2. The van der Waals surface area contributed by atoms with Crippen LogP contribution in [0.2, 0.25) is 20.1 Å². The van der Waals surface area contributed by atoms with Gasteiger partial charge in [0.2, 0.25) is 0 Å². The van der Waals surface area contributed by atoms with Gasteiger partial charge < -0.3 is 9.47 Å². The van der Waals surface area contributed by atoms with Crippen LogP contribution in [0.25, 0.3) is 6.08 Å². The first kappa shape index (κ1) is 25.7. The van der Waals surface area contributed by atoms with Crippen LogP contribution in [0.3, 0.4) is 0 Å². The number of imide groups is 1. The maximum Gasteiger partial charge on any atom is 0.293 e. The van der Waals surface area contributed by atoms with Crippen LogP contribution >= 0.6 is 58.2 Å². The van der Waals surface area contributed by atoms with Crippen LogP contribution in [-0.2, 0) is 17.9 Å². The van der Waals surface area contributed by atoms with Gasteiger partial charge in [-0.25, -0.2) is 0 Å². The molecule has 1 fully saturated rings. The number of nitrogens with zero attached hydrogens (tertiary/aromatic N) is 1. The maximum atomic E-state index is 13.0. The lowest BCUT2D eigenvalue weighted by atomic mass is 10.1. The second-order valence-corrected chi connectivity index (χ2v) is 10.1. The van der Waals surface area contributed by atoms with E-state index < -0.39 is 5.91 Å². The zero-order chi connectivity index (χ0) is 25.1. The summed E-state index contributed by atoms with van der Waals surface area (Å²) < 4.78 is 11.3. The molecule has 5 nitrogen and oxygen atoms in total. The molecule has 1 heterocycles. The van der Waals surface area contributed by atoms with E-state index in [0.717, 1.165) is 22.2 Å². The second kappa shape index (κ2) is 11.1. The molecule has 35 heavy (non-hydrogen) atoms. The number of carbonyl (C=O) groups excluding carboxylic acids is 2. The minimum atomic E-state index is -0.405. The topological polar surface area (TPSA) is 55.8 Å². The molecule has 0 spiro atoms. The standard InChI is InChI=1S/C25H17Cl4NO4S/c1-33-21-7-2-14(8-22(21)34-13-16-4-6-18(27)11-20(16)29)9-23-24(31)30(25(32)35-23)12-15-3-5-17(26)10-19(15)28/h2-11H,12-13H2,1H3/b23-9-. The lowest BCUT2D eigenvalue weighted by Gasteiger charge is -2.14. The van der Waals surface area contributed by atoms with Crippen molar-refractivity contribution in [3.8, 4) is 11.5 Å². The molecule has 3 aromatic carbocycles. The van der Waals surface area contributed by atoms with E-state index in [9.17, 15) is 9.59 Å². The summed E-state index contributed by atoms with van der Waals surface area (Å²) in [4.78, 5) is 26.9. The van der Waals surface area contributed by atoms with Gasteiger partial charge in [0, 0.05) is 25.7 Å². The number of thioether (sulfide) groups is 1. The van der Waals surface area contributed by atoms with E-state index >= 15 is 0 Å². The highest BCUT2D eigenvalue weighted by Gasteiger charge is 2.35. The molecule has 4 rings (SSSR count). The largest absolute Gasteiger partial charge is 0.493 e. The highest BCUT2D eigenvalue weighted by molar-refractivity contribution is 8.18. The van der Waals surface area contributed by atoms with Gasteiger partial charge in [-0.3, -0.25) is 14.5 Å². The van der Waals surface area contributed by atoms with Gasteiger partial charge in [-0.15, -0.1) is 0 Å². The molecular formula is C25H17Cl4NO4S. The lowest BCUT2D eigenvalue weighted by Crippen LogP contribution is -2.27. The van der Waals surface area contributed by atoms with E-state index in [1.807, 2.05) is 0 Å². The predicted octanol–water partition coefficient (Wildman–Crippen LogP) is 8.12. The van der Waals surface area contributed by atoms with Crippen molar-refractivity contribution in [3.05, 3.63) is 96.3 Å². The van der Waals surface area contributed by atoms with Gasteiger partial charge in [0.05, 0.1) is 18.6 Å². The molecule has 0 bridgehead atoms. The molecule has 10 heteroatoms. The Morgan fingerprint density at radius 1 is 0.857 bits per heavy atom. The molecule has 1 saturated heterocycles. The molecule has 0 N–H and O–H groups in total. The van der Waals surface area contributed by atoms with Crippen molar-refractivity contribution in [2.24, 2.45) is 0 Å². The third-order valence-electron chi connectivity index (χ3n) is 5.10. The summed E-state index contributed by atoms with van der Waals surface area (Å²) >= 11 is 25.2. The van der Waals surface area contributed by atoms with Crippen molar-refractivity contribution in [2.45, 2.75) is 13.2 Å². The van der Waals surface area contributed by atoms with Crippen LogP contribution in [0, 0.1) is 0 Å². The molecule has 0 radical (unpaired) electrons. The number of hydrogen-bond acceptors (Lipinski definition) is 5. The fourth-order valence-corrected chi connectivity index (χ4v) is 5.07. The van der Waals surface area contributed by atoms with Crippen LogP contribution < -0.4 is 9.47 Å². The van der Waals surface area contributed by atoms with Crippen molar-refractivity contribution in [3.63, 3.8) is 0 Å². The fraction of sp³-hybridized carbons (Fsp3) is 0.120. The number of hydrogen-bond donors (Lipinski definition) is 0. The van der Waals surface area contributed by atoms with Gasteiger partial charge >= 0.3 is 0 Å². The SMILES string of the molecule is COc1ccc(/C=C2\SC(=O)N(Cc3ccc(Cl)cc3Cl)C2=O)cc1OCc1ccc(Cl)cc1Cl. The van der Waals surface area contributed by atoms with Crippen LogP contribution in [0.1, 0.15) is 16.7 Å². The maximum absolute atomic E-state index is 13.0. The van der Waals surface area contributed by atoms with Gasteiger partial charge in [-0.1, -0.05) is 64.6 Å². The Labute approximate surface area is 226 Å². The Morgan fingerprint density at radius 3 is 2.14 bits per heavy atom. The summed E-state index contributed by atoms with van der Waals surface area (Å²) in [5.74, 6) is 0.564. The Morgan fingerprint density at radius 2 is 1.51 bits per heavy atom. The molecule has 3 aromatic rings. The minimum absolute atomic E-state index is 0.0524. The van der Waals surface area contributed by atoms with Crippen molar-refractivity contribution in [1.82, 2.24) is 4.90 Å². The van der Waals surface area contributed by atoms with Crippen LogP contribution in [0.4, 0.5) is 4.79 Å². The summed E-state index contributed by atoms with van der Waals surface area (Å²) in [5.41, 5.74) is 2.05. The molecule has 0 atom stereocenters. The van der Waals surface area contributed by atoms with Crippen molar-refractivity contribution >= 4 is 75.4 Å². The van der Waals surface area contributed by atoms with E-state index in [1.165, 1.54) is 7.11 Å². The Bertz CT molecular complexity index is 1350. The molecular weight excluding hydrogens is 552 g/mol. The molecule has 1 aliphatic heterocycles. The smallest absolute Gasteiger partial charge is 0.293 e. The first-order chi connectivity index (χ1) is 16.7. The number of ether oxygens (including phenoxy) is 2. The fourth-order valence-electron chi connectivity index (χ4n) is 3.30. The normalized spacial score (nSPS) is 14.7. The predicted molar refractivity (Wildman–Crippen MR) is 142 cm³/mol. The van der Waals surface area contributed by atoms with Crippen LogP contribution in [0.5, 0.6) is 11.5 Å². The quantitative estimate of drug-likeness (QED) is 0.269. The van der Waals surface area contributed by atoms with Gasteiger partial charge in [-0.05, 0) is 65.4 Å². The molecule has 180 valence electrons. The lowest BCUT2D eigenvalue weighted by molar-refractivity contribution is -0.123. The van der Waals surface area contributed by atoms with E-state index in [2.05, 4.69) is 0 Å². The van der Waals surface area contributed by atoms with E-state index in [-0.39, 0.29) is 23.3 Å². The summed E-state index contributed by atoms with van der Waals surface area (Å²) in [7, 11) is 1.53. The minimum Gasteiger partial charge on any atom is -0.493 e. The van der Waals surface area contributed by atoms with Crippen molar-refractivity contribution < 1.29 is 19.1 Å². The molecule has 0 aliphatic carbocycles. The Hall–Kier alpha value is -2.35. The summed E-state index contributed by atoms with van der Waals surface area (Å²) in [6, 6.07) is 15.3. The summed E-state index contributed by atoms with van der Waals surface area (Å²) in [6.45, 7) is 0.241. The highest BCUT2D eigenvalue weighted by Crippen LogP contribution is 2.36. The van der Waals surface area contributed by atoms with Gasteiger partial charge in [-0.2, -0.15) is 0 Å². The third-order valence-corrected chi connectivity index (χ3v) is 7.18. The highest BCUT2D eigenvalue weighted by atomic mass is 35.5. The number of benzene rings is 3. The van der Waals surface area contributed by atoms with Gasteiger partial charge in [0.25, 0.3) is 11.1 Å². The number of carbonyl (C=O) groups is 2. The zero-order valence-corrected chi connectivity index (χ0v) is 22.0. The third kappa shape index (κ3) is 6.08. The first-order valence-corrected chi connectivity index (χ1v) is 12.5. The number of rotatable bonds is 7. The van der Waals surface area contributed by atoms with E-state index in [4.69, 9.17) is 55.9 Å². The molecule has 2 amide bonds. The Kier molecular flexibility index (Phi) is 8.19. The number of methoxy groups -OCH3 is 1. The average Bonchev–Trinajstić information content (AvgIpc) is 3.07. The van der Waals surface area contributed by atoms with E-state index in [0.29, 0.717) is 42.7 Å². The van der Waals surface area contributed by atoms with E-state index in [1.54, 1.807) is 60.7 Å². The molecule has 0 unspecified atom stereocenters. The Balaban J connectivity index is 1.53. The van der Waals surface area contributed by atoms with Gasteiger partial charge in [0.15, 0.2) is 11.5 Å². The summed E-state index contributed by atoms with van der Waals surface area (Å²) in [5, 5.41) is 1.50. The van der Waals surface area contributed by atoms with Gasteiger partial charge in [0.1, 0.15) is 6.61 Å². The molecule has 0 saturated carbocycles. The zero-order valence-electron chi connectivity index (χ0n) is 18.2. The molecule has 1 aliphatic rings. The molecule has 0 aromatic heterocycles. The number of amides is 2. The van der Waals surface area contributed by atoms with Crippen molar-refractivity contribution in [2.75, 3.05) is 7.11 Å². The summed E-state index contributed by atoms with van der Waals surface area (Å²) in [6.07, 6.45) is 1.63. The average molecular weight is 569 g/mol. The van der Waals surface area contributed by atoms with Crippen LogP contribution in [-0.4, -0.2) is 23.2 Å². The monoisotopic (exact) mass is 567 g/mol.